The van der Waals surface area contributed by atoms with Crippen molar-refractivity contribution in [2.45, 2.75) is 82.6 Å². The Balaban J connectivity index is 1.62. The summed E-state index contributed by atoms with van der Waals surface area (Å²) >= 11 is 6.27. The van der Waals surface area contributed by atoms with Gasteiger partial charge >= 0.3 is 5.69 Å². The van der Waals surface area contributed by atoms with Gasteiger partial charge in [-0.1, -0.05) is 37.3 Å². The molecule has 1 aromatic carbocycles. The minimum absolute atomic E-state index is 0.0138. The van der Waals surface area contributed by atoms with Crippen LogP contribution in [0.4, 0.5) is 0 Å². The first-order valence-corrected chi connectivity index (χ1v) is 12.3. The van der Waals surface area contributed by atoms with Crippen molar-refractivity contribution in [1.82, 2.24) is 19.7 Å². The van der Waals surface area contributed by atoms with E-state index in [9.17, 15) is 24.6 Å². The molecule has 2 aromatic rings. The largest absolute Gasteiger partial charge is 0.388 e. The highest BCUT2D eigenvalue weighted by atomic mass is 35.5. The molecule has 9 nitrogen and oxygen atoms in total. The van der Waals surface area contributed by atoms with Gasteiger partial charge in [-0.15, -0.1) is 0 Å². The average molecular weight is 491 g/mol. The number of halogens is 1. The van der Waals surface area contributed by atoms with Crippen LogP contribution in [0.15, 0.2) is 34.0 Å². The molecule has 0 saturated heterocycles. The predicted octanol–water partition coefficient (Wildman–Crippen LogP) is 2.54. The number of aromatic nitrogens is 3. The van der Waals surface area contributed by atoms with Gasteiger partial charge in [0.15, 0.2) is 0 Å². The lowest BCUT2D eigenvalue weighted by molar-refractivity contribution is -0.0741. The summed E-state index contributed by atoms with van der Waals surface area (Å²) < 4.78 is 2.01. The van der Waals surface area contributed by atoms with Gasteiger partial charge in [0, 0.05) is 5.92 Å². The van der Waals surface area contributed by atoms with Gasteiger partial charge < -0.3 is 15.5 Å². The maximum Gasteiger partial charge on any atom is 0.352 e. The summed E-state index contributed by atoms with van der Waals surface area (Å²) in [5.74, 6) is -0.567. The van der Waals surface area contributed by atoms with Crippen molar-refractivity contribution >= 4 is 17.5 Å². The molecule has 0 bridgehead atoms. The summed E-state index contributed by atoms with van der Waals surface area (Å²) in [6.07, 6.45) is 7.88. The Labute approximate surface area is 202 Å². The van der Waals surface area contributed by atoms with Gasteiger partial charge in [0.1, 0.15) is 12.4 Å². The van der Waals surface area contributed by atoms with Gasteiger partial charge in [0.25, 0.3) is 11.5 Å². The third-order valence-corrected chi connectivity index (χ3v) is 7.69. The zero-order valence-electron chi connectivity index (χ0n) is 19.2. The van der Waals surface area contributed by atoms with Crippen molar-refractivity contribution in [1.29, 1.82) is 0 Å². The van der Waals surface area contributed by atoms with Gasteiger partial charge in [-0.05, 0) is 57.2 Å². The van der Waals surface area contributed by atoms with Crippen LogP contribution in [0.1, 0.15) is 81.1 Å². The lowest BCUT2D eigenvalue weighted by Gasteiger charge is -2.41. The molecule has 2 fully saturated rings. The molecule has 0 radical (unpaired) electrons. The van der Waals surface area contributed by atoms with Gasteiger partial charge in [-0.25, -0.2) is 4.79 Å². The molecule has 2 atom stereocenters. The Morgan fingerprint density at radius 1 is 1.18 bits per heavy atom. The standard InChI is InChI=1S/C24H31ClN4O5/c1-15(24(34)11-6-12-24)28-20(30)14-26-29(23(28)33)17-9-10-19(25)18(13-17)22(32)27-21(31)16-7-4-2-3-5-8-16/h9-10,13-16,21,31,34H,2-8,11-12H2,1H3,(H,27,32). The topological polar surface area (TPSA) is 126 Å². The molecule has 2 aliphatic carbocycles. The fourth-order valence-electron chi connectivity index (χ4n) is 4.92. The molecule has 10 heteroatoms. The smallest absolute Gasteiger partial charge is 0.352 e. The van der Waals surface area contributed by atoms with E-state index in [1.165, 1.54) is 18.2 Å². The van der Waals surface area contributed by atoms with Gasteiger partial charge in [0.05, 0.1) is 27.9 Å². The highest BCUT2D eigenvalue weighted by Crippen LogP contribution is 2.39. The maximum atomic E-state index is 13.2. The minimum Gasteiger partial charge on any atom is -0.388 e. The van der Waals surface area contributed by atoms with Crippen molar-refractivity contribution in [3.63, 3.8) is 0 Å². The third-order valence-electron chi connectivity index (χ3n) is 7.36. The quantitative estimate of drug-likeness (QED) is 0.422. The highest BCUT2D eigenvalue weighted by Gasteiger charge is 2.42. The average Bonchev–Trinajstić information content (AvgIpc) is 3.07. The van der Waals surface area contributed by atoms with E-state index in [-0.39, 0.29) is 22.2 Å². The van der Waals surface area contributed by atoms with Gasteiger partial charge in [-0.3, -0.25) is 14.2 Å². The van der Waals surface area contributed by atoms with E-state index in [4.69, 9.17) is 11.6 Å². The fourth-order valence-corrected chi connectivity index (χ4v) is 5.12. The normalized spacial score (nSPS) is 20.1. The van der Waals surface area contributed by atoms with Crippen molar-refractivity contribution in [3.05, 3.63) is 55.8 Å². The molecular weight excluding hydrogens is 460 g/mol. The fraction of sp³-hybridized carbons (Fsp3) is 0.583. The summed E-state index contributed by atoms with van der Waals surface area (Å²) in [7, 11) is 0. The molecule has 4 rings (SSSR count). The predicted molar refractivity (Wildman–Crippen MR) is 127 cm³/mol. The van der Waals surface area contributed by atoms with E-state index in [1.54, 1.807) is 6.92 Å². The second-order valence-corrected chi connectivity index (χ2v) is 9.92. The molecule has 1 aromatic heterocycles. The molecule has 34 heavy (non-hydrogen) atoms. The summed E-state index contributed by atoms with van der Waals surface area (Å²) in [6.45, 7) is 1.64. The molecule has 0 aliphatic heterocycles. The number of amides is 1. The number of hydrogen-bond acceptors (Lipinski definition) is 6. The third kappa shape index (κ3) is 4.82. The monoisotopic (exact) mass is 490 g/mol. The molecule has 1 heterocycles. The molecular formula is C24H31ClN4O5. The van der Waals surface area contributed by atoms with Crippen LogP contribution in [0.5, 0.6) is 0 Å². The van der Waals surface area contributed by atoms with Crippen molar-refractivity contribution < 1.29 is 15.0 Å². The van der Waals surface area contributed by atoms with E-state index in [0.29, 0.717) is 12.8 Å². The zero-order valence-corrected chi connectivity index (χ0v) is 20.0. The van der Waals surface area contributed by atoms with E-state index in [0.717, 1.165) is 60.4 Å². The van der Waals surface area contributed by atoms with Crippen LogP contribution < -0.4 is 16.6 Å². The molecule has 2 unspecified atom stereocenters. The minimum atomic E-state index is -1.11. The molecule has 1 amide bonds. The van der Waals surface area contributed by atoms with E-state index in [2.05, 4.69) is 10.4 Å². The molecule has 0 spiro atoms. The van der Waals surface area contributed by atoms with Crippen LogP contribution in [-0.2, 0) is 0 Å². The second-order valence-electron chi connectivity index (χ2n) is 9.51. The Hall–Kier alpha value is -2.49. The van der Waals surface area contributed by atoms with Crippen LogP contribution in [0, 0.1) is 5.92 Å². The first kappa shape index (κ1) is 24.6. The molecule has 2 saturated carbocycles. The molecule has 2 aliphatic rings. The zero-order chi connectivity index (χ0) is 24.5. The number of rotatable bonds is 6. The Bertz CT molecular complexity index is 1160. The number of nitrogens with one attached hydrogen (secondary N) is 1. The lowest BCUT2D eigenvalue weighted by atomic mass is 9.75. The number of nitrogens with zero attached hydrogens (tertiary/aromatic N) is 3. The number of benzene rings is 1. The van der Waals surface area contributed by atoms with Crippen LogP contribution >= 0.6 is 11.6 Å². The van der Waals surface area contributed by atoms with Crippen molar-refractivity contribution in [2.75, 3.05) is 0 Å². The first-order valence-electron chi connectivity index (χ1n) is 11.9. The Kier molecular flexibility index (Phi) is 7.25. The Morgan fingerprint density at radius 2 is 1.85 bits per heavy atom. The Morgan fingerprint density at radius 3 is 2.47 bits per heavy atom. The maximum absolute atomic E-state index is 13.2. The van der Waals surface area contributed by atoms with E-state index in [1.807, 2.05) is 0 Å². The summed E-state index contributed by atoms with van der Waals surface area (Å²) in [5.41, 5.74) is -2.10. The number of aliphatic hydroxyl groups is 2. The number of aliphatic hydroxyl groups excluding tert-OH is 1. The molecule has 3 N–H and O–H groups in total. The van der Waals surface area contributed by atoms with Crippen molar-refractivity contribution in [3.8, 4) is 5.69 Å². The second kappa shape index (κ2) is 10.0. The number of hydrogen-bond donors (Lipinski definition) is 3. The van der Waals surface area contributed by atoms with Crippen LogP contribution in [0.2, 0.25) is 5.02 Å². The van der Waals surface area contributed by atoms with Crippen LogP contribution in [-0.4, -0.2) is 42.3 Å². The van der Waals surface area contributed by atoms with Gasteiger partial charge in [0.2, 0.25) is 0 Å². The highest BCUT2D eigenvalue weighted by molar-refractivity contribution is 6.33. The van der Waals surface area contributed by atoms with E-state index < -0.39 is 35.0 Å². The SMILES string of the molecule is CC(n1c(=O)cnn(-c2ccc(Cl)c(C(=O)NC(O)C3CCCCCC3)c2)c1=O)C1(O)CCC1. The number of carbonyl (C=O) groups excluding carboxylic acids is 1. The van der Waals surface area contributed by atoms with Crippen LogP contribution in [0.25, 0.3) is 5.69 Å². The number of carbonyl (C=O) groups is 1. The van der Waals surface area contributed by atoms with Crippen molar-refractivity contribution in [2.24, 2.45) is 5.92 Å². The summed E-state index contributed by atoms with van der Waals surface area (Å²) in [4.78, 5) is 38.5. The molecule has 184 valence electrons. The first-order chi connectivity index (χ1) is 16.2. The lowest BCUT2D eigenvalue weighted by Crippen LogP contribution is -2.52. The van der Waals surface area contributed by atoms with Crippen LogP contribution in [0.3, 0.4) is 0 Å². The van der Waals surface area contributed by atoms with Gasteiger partial charge in [-0.2, -0.15) is 9.78 Å². The van der Waals surface area contributed by atoms with E-state index >= 15 is 0 Å². The summed E-state index contributed by atoms with van der Waals surface area (Å²) in [6, 6.07) is 3.67. The summed E-state index contributed by atoms with van der Waals surface area (Å²) in [5, 5.41) is 28.0.